The molecule has 2 aromatic carbocycles. The zero-order valence-electron chi connectivity index (χ0n) is 12.7. The number of para-hydroxylation sites is 1. The van der Waals surface area contributed by atoms with Crippen LogP contribution in [0.15, 0.2) is 59.1 Å². The molecular weight excluding hydrogens is 386 g/mol. The number of tetrazole rings is 1. The van der Waals surface area contributed by atoms with Crippen molar-refractivity contribution in [1.29, 1.82) is 0 Å². The lowest BCUT2D eigenvalue weighted by molar-refractivity contribution is 0.0699. The number of carboxylic acids is 1. The molecule has 4 aromatic rings. The molecule has 2 aromatic heterocycles. The number of hydrogen-bond acceptors (Lipinski definition) is 5. The number of aromatic carboxylic acids is 1. The Kier molecular flexibility index (Phi) is 3.73. The van der Waals surface area contributed by atoms with Crippen LogP contribution >= 0.6 is 15.9 Å². The van der Waals surface area contributed by atoms with E-state index >= 15 is 0 Å². The third kappa shape index (κ3) is 2.87. The Balaban J connectivity index is 1.86. The van der Waals surface area contributed by atoms with Gasteiger partial charge < -0.3 is 5.11 Å². The summed E-state index contributed by atoms with van der Waals surface area (Å²) >= 11 is 3.35. The standard InChI is InChI=1S/C17H10BrN5O2/c18-10-6-7-14-12(8-10)13(17(24)25)9-15(19-14)16-20-22-23(21-16)11-4-2-1-3-5-11/h1-9H,(H,24,25). The third-order valence-electron chi connectivity index (χ3n) is 3.63. The van der Waals surface area contributed by atoms with Crippen molar-refractivity contribution in [3.05, 3.63) is 64.6 Å². The zero-order chi connectivity index (χ0) is 17.4. The maximum absolute atomic E-state index is 11.6. The molecule has 0 spiro atoms. The molecule has 0 fully saturated rings. The predicted molar refractivity (Wildman–Crippen MR) is 94.6 cm³/mol. The topological polar surface area (TPSA) is 93.8 Å². The van der Waals surface area contributed by atoms with E-state index < -0.39 is 5.97 Å². The van der Waals surface area contributed by atoms with Crippen molar-refractivity contribution in [2.24, 2.45) is 0 Å². The van der Waals surface area contributed by atoms with E-state index in [2.05, 4.69) is 36.3 Å². The molecule has 0 aliphatic rings. The monoisotopic (exact) mass is 395 g/mol. The first-order valence-electron chi connectivity index (χ1n) is 7.31. The summed E-state index contributed by atoms with van der Waals surface area (Å²) in [5.74, 6) is -0.779. The minimum Gasteiger partial charge on any atom is -0.478 e. The highest BCUT2D eigenvalue weighted by molar-refractivity contribution is 9.10. The van der Waals surface area contributed by atoms with Gasteiger partial charge in [0.15, 0.2) is 0 Å². The SMILES string of the molecule is O=C(O)c1cc(-c2nnn(-c3ccccc3)n2)nc2ccc(Br)cc12. The lowest BCUT2D eigenvalue weighted by atomic mass is 10.1. The number of nitrogens with zero attached hydrogens (tertiary/aromatic N) is 5. The van der Waals surface area contributed by atoms with Crippen LogP contribution in [0.1, 0.15) is 10.4 Å². The number of carbonyl (C=O) groups is 1. The molecule has 7 nitrogen and oxygen atoms in total. The summed E-state index contributed by atoms with van der Waals surface area (Å²) in [6, 6.07) is 16.1. The van der Waals surface area contributed by atoms with Crippen LogP contribution in [0.2, 0.25) is 0 Å². The maximum Gasteiger partial charge on any atom is 0.336 e. The fraction of sp³-hybridized carbons (Fsp3) is 0. The zero-order valence-corrected chi connectivity index (χ0v) is 14.3. The Morgan fingerprint density at radius 3 is 2.64 bits per heavy atom. The Morgan fingerprint density at radius 1 is 1.08 bits per heavy atom. The summed E-state index contributed by atoms with van der Waals surface area (Å²) in [5.41, 5.74) is 1.80. The van der Waals surface area contributed by atoms with Gasteiger partial charge in [0.1, 0.15) is 5.69 Å². The summed E-state index contributed by atoms with van der Waals surface area (Å²) < 4.78 is 0.783. The van der Waals surface area contributed by atoms with Crippen LogP contribution in [0.3, 0.4) is 0 Å². The number of benzene rings is 2. The summed E-state index contributed by atoms with van der Waals surface area (Å²) in [6.07, 6.45) is 0. The average molecular weight is 396 g/mol. The molecule has 0 radical (unpaired) electrons. The third-order valence-corrected chi connectivity index (χ3v) is 4.12. The highest BCUT2D eigenvalue weighted by Crippen LogP contribution is 2.25. The van der Waals surface area contributed by atoms with Gasteiger partial charge in [-0.3, -0.25) is 0 Å². The van der Waals surface area contributed by atoms with E-state index in [1.54, 1.807) is 18.2 Å². The highest BCUT2D eigenvalue weighted by atomic mass is 79.9. The van der Waals surface area contributed by atoms with Crippen LogP contribution in [0, 0.1) is 0 Å². The van der Waals surface area contributed by atoms with E-state index in [1.165, 1.54) is 10.9 Å². The number of hydrogen-bond donors (Lipinski definition) is 1. The van der Waals surface area contributed by atoms with Crippen LogP contribution in [0.25, 0.3) is 28.1 Å². The summed E-state index contributed by atoms with van der Waals surface area (Å²) in [7, 11) is 0. The number of rotatable bonds is 3. The van der Waals surface area contributed by atoms with E-state index in [4.69, 9.17) is 0 Å². The second-order valence-electron chi connectivity index (χ2n) is 5.26. The molecule has 8 heteroatoms. The first kappa shape index (κ1) is 15.4. The Hall–Kier alpha value is -3.13. The van der Waals surface area contributed by atoms with Gasteiger partial charge in [0.05, 0.1) is 16.8 Å². The molecule has 25 heavy (non-hydrogen) atoms. The van der Waals surface area contributed by atoms with E-state index in [-0.39, 0.29) is 11.4 Å². The quantitative estimate of drug-likeness (QED) is 0.571. The van der Waals surface area contributed by atoms with Gasteiger partial charge in [-0.2, -0.15) is 0 Å². The van der Waals surface area contributed by atoms with Gasteiger partial charge in [-0.1, -0.05) is 34.1 Å². The van der Waals surface area contributed by atoms with Crippen LogP contribution in [0.4, 0.5) is 0 Å². The Labute approximate surface area is 150 Å². The molecule has 0 bridgehead atoms. The second kappa shape index (κ2) is 6.06. The van der Waals surface area contributed by atoms with E-state index in [1.807, 2.05) is 30.3 Å². The lowest BCUT2D eigenvalue weighted by Crippen LogP contribution is -2.01. The van der Waals surface area contributed by atoms with Crippen LogP contribution in [-0.4, -0.2) is 36.3 Å². The molecule has 0 aliphatic heterocycles. The number of pyridine rings is 1. The van der Waals surface area contributed by atoms with Crippen molar-refractivity contribution in [3.8, 4) is 17.2 Å². The van der Waals surface area contributed by atoms with Crippen molar-refractivity contribution in [2.75, 3.05) is 0 Å². The van der Waals surface area contributed by atoms with Gasteiger partial charge in [-0.15, -0.1) is 15.0 Å². The van der Waals surface area contributed by atoms with Gasteiger partial charge in [-0.05, 0) is 41.6 Å². The summed E-state index contributed by atoms with van der Waals surface area (Å²) in [5, 5.41) is 22.4. The first-order valence-corrected chi connectivity index (χ1v) is 8.10. The molecule has 0 atom stereocenters. The van der Waals surface area contributed by atoms with Gasteiger partial charge in [0.25, 0.3) is 0 Å². The fourth-order valence-electron chi connectivity index (χ4n) is 2.48. The number of carboxylic acid groups (broad SMARTS) is 1. The fourth-order valence-corrected chi connectivity index (χ4v) is 2.84. The van der Waals surface area contributed by atoms with E-state index in [0.29, 0.717) is 16.6 Å². The molecule has 0 saturated heterocycles. The molecular formula is C17H10BrN5O2. The van der Waals surface area contributed by atoms with Crippen LogP contribution in [-0.2, 0) is 0 Å². The largest absolute Gasteiger partial charge is 0.478 e. The normalized spacial score (nSPS) is 10.9. The van der Waals surface area contributed by atoms with Gasteiger partial charge in [0.2, 0.25) is 5.82 Å². The van der Waals surface area contributed by atoms with Gasteiger partial charge in [0, 0.05) is 9.86 Å². The minimum absolute atomic E-state index is 0.136. The van der Waals surface area contributed by atoms with Crippen molar-refractivity contribution in [2.45, 2.75) is 0 Å². The molecule has 4 rings (SSSR count). The number of halogens is 1. The van der Waals surface area contributed by atoms with Crippen LogP contribution in [0.5, 0.6) is 0 Å². The number of aromatic nitrogens is 5. The van der Waals surface area contributed by atoms with Crippen molar-refractivity contribution < 1.29 is 9.90 Å². The highest BCUT2D eigenvalue weighted by Gasteiger charge is 2.16. The van der Waals surface area contributed by atoms with Gasteiger partial charge in [-0.25, -0.2) is 9.78 Å². The van der Waals surface area contributed by atoms with Crippen molar-refractivity contribution in [3.63, 3.8) is 0 Å². The van der Waals surface area contributed by atoms with E-state index in [9.17, 15) is 9.90 Å². The second-order valence-corrected chi connectivity index (χ2v) is 6.18. The average Bonchev–Trinajstić information content (AvgIpc) is 3.11. The summed E-state index contributed by atoms with van der Waals surface area (Å²) in [4.78, 5) is 17.5. The molecule has 0 aliphatic carbocycles. The number of fused-ring (bicyclic) bond motifs is 1. The van der Waals surface area contributed by atoms with E-state index in [0.717, 1.165) is 10.2 Å². The summed E-state index contributed by atoms with van der Waals surface area (Å²) in [6.45, 7) is 0. The Bertz CT molecular complexity index is 1090. The predicted octanol–water partition coefficient (Wildman–Crippen LogP) is 3.34. The van der Waals surface area contributed by atoms with Crippen LogP contribution < -0.4 is 0 Å². The van der Waals surface area contributed by atoms with Gasteiger partial charge >= 0.3 is 5.97 Å². The Morgan fingerprint density at radius 2 is 1.88 bits per heavy atom. The lowest BCUT2D eigenvalue weighted by Gasteiger charge is -2.05. The molecule has 0 unspecified atom stereocenters. The first-order chi connectivity index (χ1) is 12.1. The van der Waals surface area contributed by atoms with Crippen molar-refractivity contribution in [1.82, 2.24) is 25.2 Å². The molecule has 0 amide bonds. The maximum atomic E-state index is 11.6. The molecule has 122 valence electrons. The molecule has 1 N–H and O–H groups in total. The minimum atomic E-state index is -1.04. The molecule has 2 heterocycles. The smallest absolute Gasteiger partial charge is 0.336 e. The molecule has 0 saturated carbocycles. The van der Waals surface area contributed by atoms with Crippen molar-refractivity contribution >= 4 is 32.8 Å².